The minimum atomic E-state index is -3.76. The quantitative estimate of drug-likeness (QED) is 0.738. The van der Waals surface area contributed by atoms with Crippen LogP contribution in [0.3, 0.4) is 0 Å². The number of nitrogens with zero attached hydrogens (tertiary/aromatic N) is 1. The van der Waals surface area contributed by atoms with Gasteiger partial charge in [-0.2, -0.15) is 0 Å². The lowest BCUT2D eigenvalue weighted by molar-refractivity contribution is 0.0337. The molecule has 0 saturated heterocycles. The number of hydrogen-bond acceptors (Lipinski definition) is 5. The first-order valence-corrected chi connectivity index (χ1v) is 9.08. The van der Waals surface area contributed by atoms with Crippen LogP contribution in [0.25, 0.3) is 0 Å². The molecule has 2 aromatic carbocycles. The van der Waals surface area contributed by atoms with Crippen LogP contribution in [-0.2, 0) is 14.8 Å². The molecule has 7 heteroatoms. The number of carbonyl (C=O) groups is 1. The minimum absolute atomic E-state index is 0.0817. The Labute approximate surface area is 148 Å². The van der Waals surface area contributed by atoms with E-state index in [2.05, 4.69) is 0 Å². The molecule has 0 unspecified atom stereocenters. The molecule has 0 saturated carbocycles. The van der Waals surface area contributed by atoms with E-state index in [1.54, 1.807) is 6.92 Å². The maximum absolute atomic E-state index is 12.4. The SMILES string of the molecule is COc1ccc(C(=O)O[C@@H](C)c2ccccc2)cc1S(=O)(=O)N(C)C. The van der Waals surface area contributed by atoms with E-state index in [0.29, 0.717) is 0 Å². The lowest BCUT2D eigenvalue weighted by atomic mass is 10.1. The summed E-state index contributed by atoms with van der Waals surface area (Å²) in [6.45, 7) is 1.76. The van der Waals surface area contributed by atoms with Gasteiger partial charge >= 0.3 is 5.97 Å². The molecule has 0 aromatic heterocycles. The zero-order valence-electron chi connectivity index (χ0n) is 14.6. The highest BCUT2D eigenvalue weighted by Gasteiger charge is 2.24. The first-order valence-electron chi connectivity index (χ1n) is 7.64. The summed E-state index contributed by atoms with van der Waals surface area (Å²) in [5.41, 5.74) is 0.995. The van der Waals surface area contributed by atoms with E-state index in [1.165, 1.54) is 39.4 Å². The van der Waals surface area contributed by atoms with Gasteiger partial charge in [-0.3, -0.25) is 0 Å². The molecule has 134 valence electrons. The van der Waals surface area contributed by atoms with Gasteiger partial charge in [0.15, 0.2) is 0 Å². The van der Waals surface area contributed by atoms with Gasteiger partial charge in [-0.05, 0) is 30.7 Å². The fourth-order valence-corrected chi connectivity index (χ4v) is 3.30. The van der Waals surface area contributed by atoms with Crippen LogP contribution in [0.5, 0.6) is 5.75 Å². The molecule has 0 aliphatic heterocycles. The first-order chi connectivity index (χ1) is 11.8. The molecule has 6 nitrogen and oxygen atoms in total. The second-order valence-corrected chi connectivity index (χ2v) is 7.73. The molecule has 0 bridgehead atoms. The number of methoxy groups -OCH3 is 1. The van der Waals surface area contributed by atoms with E-state index in [-0.39, 0.29) is 16.2 Å². The highest BCUT2D eigenvalue weighted by atomic mass is 32.2. The molecule has 0 spiro atoms. The van der Waals surface area contributed by atoms with Crippen molar-refractivity contribution < 1.29 is 22.7 Å². The Balaban J connectivity index is 2.32. The fraction of sp³-hybridized carbons (Fsp3) is 0.278. The monoisotopic (exact) mass is 363 g/mol. The molecule has 0 N–H and O–H groups in total. The van der Waals surface area contributed by atoms with Crippen molar-refractivity contribution in [2.24, 2.45) is 0 Å². The van der Waals surface area contributed by atoms with Gasteiger partial charge in [0.25, 0.3) is 0 Å². The minimum Gasteiger partial charge on any atom is -0.495 e. The molecule has 0 aliphatic carbocycles. The van der Waals surface area contributed by atoms with Crippen molar-refractivity contribution in [3.63, 3.8) is 0 Å². The largest absolute Gasteiger partial charge is 0.495 e. The van der Waals surface area contributed by atoms with Crippen molar-refractivity contribution in [1.82, 2.24) is 4.31 Å². The molecular weight excluding hydrogens is 342 g/mol. The van der Waals surface area contributed by atoms with Crippen LogP contribution in [-0.4, -0.2) is 39.9 Å². The zero-order chi connectivity index (χ0) is 18.6. The van der Waals surface area contributed by atoms with Crippen molar-refractivity contribution in [3.05, 3.63) is 59.7 Å². The smallest absolute Gasteiger partial charge is 0.338 e. The summed E-state index contributed by atoms with van der Waals surface area (Å²) in [6.07, 6.45) is -0.454. The number of sulfonamides is 1. The van der Waals surface area contributed by atoms with Crippen molar-refractivity contribution in [2.45, 2.75) is 17.9 Å². The predicted molar refractivity (Wildman–Crippen MR) is 94.1 cm³/mol. The Morgan fingerprint density at radius 1 is 1.08 bits per heavy atom. The number of hydrogen-bond donors (Lipinski definition) is 0. The molecule has 0 aliphatic rings. The van der Waals surface area contributed by atoms with E-state index in [1.807, 2.05) is 30.3 Å². The Kier molecular flexibility index (Phi) is 5.81. The van der Waals surface area contributed by atoms with Crippen molar-refractivity contribution in [3.8, 4) is 5.75 Å². The summed E-state index contributed by atoms with van der Waals surface area (Å²) in [7, 11) is 0.447. The van der Waals surface area contributed by atoms with Crippen LogP contribution >= 0.6 is 0 Å². The molecule has 0 fully saturated rings. The van der Waals surface area contributed by atoms with Gasteiger partial charge < -0.3 is 9.47 Å². The second kappa shape index (κ2) is 7.67. The summed E-state index contributed by atoms with van der Waals surface area (Å²) in [5.74, 6) is -0.435. The van der Waals surface area contributed by atoms with Crippen molar-refractivity contribution >= 4 is 16.0 Å². The van der Waals surface area contributed by atoms with E-state index >= 15 is 0 Å². The van der Waals surface area contributed by atoms with Gasteiger partial charge in [0, 0.05) is 14.1 Å². The second-order valence-electron chi connectivity index (χ2n) is 5.61. The average Bonchev–Trinajstić information content (AvgIpc) is 2.61. The Bertz CT molecular complexity index is 847. The molecule has 2 rings (SSSR count). The number of esters is 1. The first kappa shape index (κ1) is 19.0. The lowest BCUT2D eigenvalue weighted by Crippen LogP contribution is -2.23. The third-order valence-electron chi connectivity index (χ3n) is 3.71. The topological polar surface area (TPSA) is 72.9 Å². The van der Waals surface area contributed by atoms with Crippen LogP contribution in [0.4, 0.5) is 0 Å². The normalized spacial score (nSPS) is 12.7. The number of rotatable bonds is 6. The zero-order valence-corrected chi connectivity index (χ0v) is 15.4. The molecule has 0 radical (unpaired) electrons. The van der Waals surface area contributed by atoms with Gasteiger partial charge in [-0.25, -0.2) is 17.5 Å². The van der Waals surface area contributed by atoms with Gasteiger partial charge in [0.05, 0.1) is 12.7 Å². The van der Waals surface area contributed by atoms with E-state index in [4.69, 9.17) is 9.47 Å². The van der Waals surface area contributed by atoms with Gasteiger partial charge in [0.1, 0.15) is 16.7 Å². The number of ether oxygens (including phenoxy) is 2. The summed E-state index contributed by atoms with van der Waals surface area (Å²) in [6, 6.07) is 13.5. The van der Waals surface area contributed by atoms with Crippen LogP contribution < -0.4 is 4.74 Å². The summed E-state index contributed by atoms with van der Waals surface area (Å²) in [4.78, 5) is 12.3. The van der Waals surface area contributed by atoms with Gasteiger partial charge in [-0.15, -0.1) is 0 Å². The molecule has 1 atom stereocenters. The maximum Gasteiger partial charge on any atom is 0.338 e. The molecule has 2 aromatic rings. The van der Waals surface area contributed by atoms with Crippen molar-refractivity contribution in [2.75, 3.05) is 21.2 Å². The fourth-order valence-electron chi connectivity index (χ4n) is 2.22. The standard InChI is InChI=1S/C18H21NO5S/c1-13(14-8-6-5-7-9-14)24-18(20)15-10-11-16(23-4)17(12-15)25(21,22)19(2)3/h5-13H,1-4H3/t13-/m0/s1. The number of carbonyl (C=O) groups excluding carboxylic acids is 1. The maximum atomic E-state index is 12.4. The van der Waals surface area contributed by atoms with Crippen molar-refractivity contribution in [1.29, 1.82) is 0 Å². The van der Waals surface area contributed by atoms with E-state index < -0.39 is 22.1 Å². The van der Waals surface area contributed by atoms with Gasteiger partial charge in [0.2, 0.25) is 10.0 Å². The molecule has 0 heterocycles. The van der Waals surface area contributed by atoms with Gasteiger partial charge in [-0.1, -0.05) is 30.3 Å². The highest BCUT2D eigenvalue weighted by Crippen LogP contribution is 2.28. The highest BCUT2D eigenvalue weighted by molar-refractivity contribution is 7.89. The summed E-state index contributed by atoms with van der Waals surface area (Å²) in [5, 5.41) is 0. The summed E-state index contributed by atoms with van der Waals surface area (Å²) >= 11 is 0. The molecule has 25 heavy (non-hydrogen) atoms. The van der Waals surface area contributed by atoms with Crippen LogP contribution in [0.1, 0.15) is 28.9 Å². The third kappa shape index (κ3) is 4.18. The predicted octanol–water partition coefficient (Wildman–Crippen LogP) is 2.86. The van der Waals surface area contributed by atoms with Crippen LogP contribution in [0.2, 0.25) is 0 Å². The average molecular weight is 363 g/mol. The van der Waals surface area contributed by atoms with E-state index in [9.17, 15) is 13.2 Å². The third-order valence-corrected chi connectivity index (χ3v) is 5.55. The Hall–Kier alpha value is -2.38. The summed E-state index contributed by atoms with van der Waals surface area (Å²) < 4.78 is 36.5. The molecule has 0 amide bonds. The number of benzene rings is 2. The lowest BCUT2D eigenvalue weighted by Gasteiger charge is -2.17. The molecular formula is C18H21NO5S. The Morgan fingerprint density at radius 3 is 2.28 bits per heavy atom. The van der Waals surface area contributed by atoms with E-state index in [0.717, 1.165) is 9.87 Å². The Morgan fingerprint density at radius 2 is 1.72 bits per heavy atom. The van der Waals surface area contributed by atoms with Crippen LogP contribution in [0, 0.1) is 0 Å². The van der Waals surface area contributed by atoms with Crippen LogP contribution in [0.15, 0.2) is 53.4 Å².